The Hall–Kier alpha value is -3.33. The minimum absolute atomic E-state index is 0.0171. The highest BCUT2D eigenvalue weighted by Gasteiger charge is 2.25. The number of aromatic nitrogens is 1. The standard InChI is InChI=1S/C30H42N6O3/c1-33-13-15-34(16-14-33)28-11-10-26(23-31-28)32-30(38)36-19-17-35(18-20-36)29(37)25-8-5-9-27(22-25)39-21-12-24-6-3-2-4-7-24/h5,8-11,22-24H,2-4,6-7,12-21H2,1H3,(H,32,38). The molecule has 2 aromatic rings. The lowest BCUT2D eigenvalue weighted by atomic mass is 9.87. The van der Waals surface area contributed by atoms with Gasteiger partial charge >= 0.3 is 6.03 Å². The van der Waals surface area contributed by atoms with Crippen LogP contribution in [-0.2, 0) is 0 Å². The van der Waals surface area contributed by atoms with Gasteiger partial charge in [0.15, 0.2) is 0 Å². The lowest BCUT2D eigenvalue weighted by Gasteiger charge is -2.35. The molecule has 1 aromatic carbocycles. The molecule has 0 atom stereocenters. The summed E-state index contributed by atoms with van der Waals surface area (Å²) in [6.45, 7) is 6.63. The topological polar surface area (TPSA) is 81.2 Å². The van der Waals surface area contributed by atoms with Gasteiger partial charge in [0.1, 0.15) is 11.6 Å². The summed E-state index contributed by atoms with van der Waals surface area (Å²) in [5.41, 5.74) is 1.31. The molecule has 2 aliphatic heterocycles. The molecule has 5 rings (SSSR count). The number of nitrogens with one attached hydrogen (secondary N) is 1. The predicted octanol–water partition coefficient (Wildman–Crippen LogP) is 4.17. The summed E-state index contributed by atoms with van der Waals surface area (Å²) in [6, 6.07) is 11.2. The minimum Gasteiger partial charge on any atom is -0.494 e. The van der Waals surface area contributed by atoms with Crippen molar-refractivity contribution in [2.45, 2.75) is 38.5 Å². The molecule has 1 saturated carbocycles. The SMILES string of the molecule is CN1CCN(c2ccc(NC(=O)N3CCN(C(=O)c4cccc(OCCC5CCCCC5)c4)CC3)cn2)CC1. The first-order valence-electron chi connectivity index (χ1n) is 14.5. The lowest BCUT2D eigenvalue weighted by Crippen LogP contribution is -2.51. The Morgan fingerprint density at radius 3 is 2.38 bits per heavy atom. The fraction of sp³-hybridized carbons (Fsp3) is 0.567. The van der Waals surface area contributed by atoms with E-state index in [1.54, 1.807) is 11.1 Å². The molecule has 3 amide bonds. The number of amides is 3. The van der Waals surface area contributed by atoms with Gasteiger partial charge in [0.2, 0.25) is 0 Å². The lowest BCUT2D eigenvalue weighted by molar-refractivity contribution is 0.0671. The number of hydrogen-bond donors (Lipinski definition) is 1. The molecule has 2 saturated heterocycles. The van der Waals surface area contributed by atoms with E-state index in [1.807, 2.05) is 41.3 Å². The fourth-order valence-electron chi connectivity index (χ4n) is 5.72. The second-order valence-electron chi connectivity index (χ2n) is 11.1. The van der Waals surface area contributed by atoms with Gasteiger partial charge in [-0.15, -0.1) is 0 Å². The van der Waals surface area contributed by atoms with Crippen molar-refractivity contribution in [1.29, 1.82) is 0 Å². The zero-order chi connectivity index (χ0) is 27.0. The Balaban J connectivity index is 1.06. The van der Waals surface area contributed by atoms with E-state index >= 15 is 0 Å². The molecule has 39 heavy (non-hydrogen) atoms. The van der Waals surface area contributed by atoms with Crippen LogP contribution in [0.15, 0.2) is 42.6 Å². The molecule has 3 aliphatic rings. The Labute approximate surface area is 232 Å². The van der Waals surface area contributed by atoms with Crippen molar-refractivity contribution in [1.82, 2.24) is 19.7 Å². The van der Waals surface area contributed by atoms with E-state index in [2.05, 4.69) is 27.1 Å². The highest BCUT2D eigenvalue weighted by Crippen LogP contribution is 2.26. The Morgan fingerprint density at radius 2 is 1.67 bits per heavy atom. The van der Waals surface area contributed by atoms with E-state index in [1.165, 1.54) is 32.1 Å². The van der Waals surface area contributed by atoms with Gasteiger partial charge in [0.25, 0.3) is 5.91 Å². The van der Waals surface area contributed by atoms with Crippen LogP contribution in [0.25, 0.3) is 0 Å². The first kappa shape index (κ1) is 27.2. The zero-order valence-electron chi connectivity index (χ0n) is 23.2. The fourth-order valence-corrected chi connectivity index (χ4v) is 5.72. The average Bonchev–Trinajstić information content (AvgIpc) is 2.98. The maximum Gasteiger partial charge on any atom is 0.322 e. The Morgan fingerprint density at radius 1 is 0.923 bits per heavy atom. The van der Waals surface area contributed by atoms with Crippen molar-refractivity contribution in [2.75, 3.05) is 76.2 Å². The van der Waals surface area contributed by atoms with Crippen molar-refractivity contribution < 1.29 is 14.3 Å². The maximum atomic E-state index is 13.2. The van der Waals surface area contributed by atoms with Crippen LogP contribution in [0.1, 0.15) is 48.9 Å². The summed E-state index contributed by atoms with van der Waals surface area (Å²) in [4.78, 5) is 38.7. The molecule has 1 aromatic heterocycles. The van der Waals surface area contributed by atoms with Crippen LogP contribution in [0.4, 0.5) is 16.3 Å². The Kier molecular flexibility index (Phi) is 9.19. The third-order valence-electron chi connectivity index (χ3n) is 8.28. The summed E-state index contributed by atoms with van der Waals surface area (Å²) in [7, 11) is 2.13. The van der Waals surface area contributed by atoms with Crippen LogP contribution in [0.5, 0.6) is 5.75 Å². The van der Waals surface area contributed by atoms with Gasteiger partial charge in [0, 0.05) is 57.9 Å². The molecular formula is C30H42N6O3. The van der Waals surface area contributed by atoms with Crippen molar-refractivity contribution >= 4 is 23.4 Å². The van der Waals surface area contributed by atoms with Gasteiger partial charge < -0.3 is 29.7 Å². The first-order chi connectivity index (χ1) is 19.0. The molecular weight excluding hydrogens is 492 g/mol. The number of benzene rings is 1. The summed E-state index contributed by atoms with van der Waals surface area (Å²) in [6.07, 6.45) is 9.46. The van der Waals surface area contributed by atoms with Crippen LogP contribution < -0.4 is 15.0 Å². The van der Waals surface area contributed by atoms with Crippen LogP contribution >= 0.6 is 0 Å². The van der Waals surface area contributed by atoms with Crippen molar-refractivity contribution in [3.63, 3.8) is 0 Å². The van der Waals surface area contributed by atoms with Crippen LogP contribution in [0, 0.1) is 5.92 Å². The summed E-state index contributed by atoms with van der Waals surface area (Å²) in [5, 5.41) is 2.95. The van der Waals surface area contributed by atoms with Crippen LogP contribution in [0.3, 0.4) is 0 Å². The minimum atomic E-state index is -0.162. The number of likely N-dealkylation sites (N-methyl/N-ethyl adjacent to an activating group) is 1. The predicted molar refractivity (Wildman–Crippen MR) is 154 cm³/mol. The summed E-state index contributed by atoms with van der Waals surface area (Å²) in [5.74, 6) is 2.44. The number of nitrogens with zero attached hydrogens (tertiary/aromatic N) is 5. The largest absolute Gasteiger partial charge is 0.494 e. The number of carbonyl (C=O) groups excluding carboxylic acids is 2. The summed E-state index contributed by atoms with van der Waals surface area (Å²) < 4.78 is 6.00. The molecule has 9 heteroatoms. The monoisotopic (exact) mass is 534 g/mol. The number of urea groups is 1. The van der Waals surface area contributed by atoms with Crippen molar-refractivity contribution in [2.24, 2.45) is 5.92 Å². The third kappa shape index (κ3) is 7.41. The molecule has 9 nitrogen and oxygen atoms in total. The van der Waals surface area contributed by atoms with E-state index in [0.717, 1.165) is 50.1 Å². The normalized spacial score (nSPS) is 19.2. The second-order valence-corrected chi connectivity index (χ2v) is 11.1. The molecule has 0 bridgehead atoms. The van der Waals surface area contributed by atoms with E-state index in [9.17, 15) is 9.59 Å². The zero-order valence-corrected chi connectivity index (χ0v) is 23.2. The van der Waals surface area contributed by atoms with Crippen LogP contribution in [0.2, 0.25) is 0 Å². The maximum absolute atomic E-state index is 13.2. The van der Waals surface area contributed by atoms with E-state index < -0.39 is 0 Å². The number of rotatable bonds is 7. The van der Waals surface area contributed by atoms with Crippen molar-refractivity contribution in [3.05, 3.63) is 48.2 Å². The van der Waals surface area contributed by atoms with Gasteiger partial charge in [-0.2, -0.15) is 0 Å². The average molecular weight is 535 g/mol. The van der Waals surface area contributed by atoms with E-state index in [0.29, 0.717) is 44.0 Å². The van der Waals surface area contributed by atoms with E-state index in [-0.39, 0.29) is 11.9 Å². The number of pyridine rings is 1. The second kappa shape index (κ2) is 13.2. The quantitative estimate of drug-likeness (QED) is 0.574. The molecule has 0 unspecified atom stereocenters. The molecule has 210 valence electrons. The number of ether oxygens (including phenoxy) is 1. The smallest absolute Gasteiger partial charge is 0.322 e. The number of hydrogen-bond acceptors (Lipinski definition) is 6. The number of carbonyl (C=O) groups is 2. The molecule has 0 radical (unpaired) electrons. The van der Waals surface area contributed by atoms with Crippen LogP contribution in [-0.4, -0.2) is 97.6 Å². The first-order valence-corrected chi connectivity index (χ1v) is 14.5. The number of piperazine rings is 2. The van der Waals surface area contributed by atoms with Gasteiger partial charge in [-0.1, -0.05) is 38.2 Å². The molecule has 3 heterocycles. The third-order valence-corrected chi connectivity index (χ3v) is 8.28. The molecule has 1 N–H and O–H groups in total. The highest BCUT2D eigenvalue weighted by atomic mass is 16.5. The Bertz CT molecular complexity index is 1090. The van der Waals surface area contributed by atoms with E-state index in [4.69, 9.17) is 4.74 Å². The van der Waals surface area contributed by atoms with Gasteiger partial charge in [-0.25, -0.2) is 9.78 Å². The molecule has 0 spiro atoms. The highest BCUT2D eigenvalue weighted by molar-refractivity contribution is 5.95. The van der Waals surface area contributed by atoms with Gasteiger partial charge in [-0.05, 0) is 49.7 Å². The molecule has 1 aliphatic carbocycles. The van der Waals surface area contributed by atoms with Crippen molar-refractivity contribution in [3.8, 4) is 5.75 Å². The van der Waals surface area contributed by atoms with Gasteiger partial charge in [-0.3, -0.25) is 4.79 Å². The summed E-state index contributed by atoms with van der Waals surface area (Å²) >= 11 is 0. The molecule has 3 fully saturated rings. The number of anilines is 2. The van der Waals surface area contributed by atoms with Gasteiger partial charge in [0.05, 0.1) is 18.5 Å².